The van der Waals surface area contributed by atoms with Gasteiger partial charge >= 0.3 is 0 Å². The van der Waals surface area contributed by atoms with E-state index in [1.165, 1.54) is 12.8 Å². The maximum Gasteiger partial charge on any atom is -0.0132 e. The Balaban J connectivity index is 1.90. The molecule has 4 rings (SSSR count). The zero-order valence-electron chi connectivity index (χ0n) is 7.77. The van der Waals surface area contributed by atoms with Crippen LogP contribution in [0.1, 0.15) is 32.6 Å². The van der Waals surface area contributed by atoms with Crippen molar-refractivity contribution in [2.24, 2.45) is 28.6 Å². The first kappa shape index (κ1) is 6.23. The van der Waals surface area contributed by atoms with E-state index in [9.17, 15) is 0 Å². The number of fused-ring (bicyclic) bond motifs is 1. The van der Waals surface area contributed by atoms with Crippen molar-refractivity contribution >= 4 is 0 Å². The third-order valence-electron chi connectivity index (χ3n) is 5.64. The Morgan fingerprint density at radius 1 is 1.33 bits per heavy atom. The molecule has 2 bridgehead atoms. The molecule has 0 radical (unpaired) electrons. The SMILES string of the molecule is C=C1C2CC3CC4(C)CC1C32C4. The molecule has 4 fully saturated rings. The maximum absolute atomic E-state index is 4.27. The van der Waals surface area contributed by atoms with Crippen molar-refractivity contribution < 1.29 is 0 Å². The van der Waals surface area contributed by atoms with Gasteiger partial charge in [-0.1, -0.05) is 19.1 Å². The van der Waals surface area contributed by atoms with Gasteiger partial charge in [-0.05, 0) is 54.3 Å². The zero-order chi connectivity index (χ0) is 8.14. The molecule has 0 amide bonds. The quantitative estimate of drug-likeness (QED) is 0.478. The van der Waals surface area contributed by atoms with E-state index in [0.717, 1.165) is 28.6 Å². The van der Waals surface area contributed by atoms with E-state index >= 15 is 0 Å². The van der Waals surface area contributed by atoms with Crippen molar-refractivity contribution in [3.8, 4) is 0 Å². The Labute approximate surface area is 74.0 Å². The van der Waals surface area contributed by atoms with Crippen LogP contribution in [0.5, 0.6) is 0 Å². The lowest BCUT2D eigenvalue weighted by atomic mass is 9.36. The van der Waals surface area contributed by atoms with Crippen molar-refractivity contribution in [3.05, 3.63) is 12.2 Å². The fourth-order valence-corrected chi connectivity index (χ4v) is 5.40. The molecule has 0 saturated heterocycles. The lowest BCUT2D eigenvalue weighted by Gasteiger charge is -2.67. The molecular formula is C12H16. The van der Waals surface area contributed by atoms with E-state index < -0.39 is 0 Å². The van der Waals surface area contributed by atoms with Crippen LogP contribution in [0, 0.1) is 28.6 Å². The van der Waals surface area contributed by atoms with Crippen LogP contribution in [0.2, 0.25) is 0 Å². The molecule has 0 heterocycles. The van der Waals surface area contributed by atoms with Crippen molar-refractivity contribution in [1.82, 2.24) is 0 Å². The normalized spacial score (nSPS) is 70.4. The molecule has 0 aliphatic heterocycles. The first-order valence-corrected chi connectivity index (χ1v) is 5.34. The van der Waals surface area contributed by atoms with Gasteiger partial charge in [0.25, 0.3) is 0 Å². The second-order valence-electron chi connectivity index (χ2n) is 6.12. The van der Waals surface area contributed by atoms with Gasteiger partial charge in [-0.25, -0.2) is 0 Å². The third kappa shape index (κ3) is 0.356. The molecule has 4 saturated carbocycles. The highest BCUT2D eigenvalue weighted by Crippen LogP contribution is 2.85. The smallest absolute Gasteiger partial charge is 0.0132 e. The molecule has 64 valence electrons. The van der Waals surface area contributed by atoms with E-state index in [4.69, 9.17) is 0 Å². The van der Waals surface area contributed by atoms with Crippen LogP contribution in [0.3, 0.4) is 0 Å². The lowest BCUT2D eigenvalue weighted by Crippen LogP contribution is -2.61. The highest BCUT2D eigenvalue weighted by molar-refractivity contribution is 5.40. The topological polar surface area (TPSA) is 0 Å². The molecule has 5 unspecified atom stereocenters. The van der Waals surface area contributed by atoms with Gasteiger partial charge in [0.05, 0.1) is 0 Å². The first-order valence-electron chi connectivity index (χ1n) is 5.34. The minimum Gasteiger partial charge on any atom is -0.0993 e. The molecule has 4 aliphatic carbocycles. The van der Waals surface area contributed by atoms with Crippen LogP contribution in [-0.2, 0) is 0 Å². The second-order valence-corrected chi connectivity index (χ2v) is 6.12. The van der Waals surface area contributed by atoms with Gasteiger partial charge in [-0.2, -0.15) is 0 Å². The van der Waals surface area contributed by atoms with Crippen molar-refractivity contribution in [2.45, 2.75) is 32.6 Å². The minimum absolute atomic E-state index is 0.740. The highest BCUT2D eigenvalue weighted by atomic mass is 14.8. The van der Waals surface area contributed by atoms with Crippen molar-refractivity contribution in [2.75, 3.05) is 0 Å². The van der Waals surface area contributed by atoms with E-state index in [-0.39, 0.29) is 0 Å². The Hall–Kier alpha value is -0.260. The molecule has 0 heteroatoms. The largest absolute Gasteiger partial charge is 0.0993 e. The maximum atomic E-state index is 4.27. The predicted octanol–water partition coefficient (Wildman–Crippen LogP) is 3.00. The van der Waals surface area contributed by atoms with Gasteiger partial charge in [0.15, 0.2) is 0 Å². The first-order chi connectivity index (χ1) is 5.66. The average Bonchev–Trinajstić information content (AvgIpc) is 2.42. The summed E-state index contributed by atoms with van der Waals surface area (Å²) in [6.45, 7) is 6.78. The summed E-state index contributed by atoms with van der Waals surface area (Å²) in [5, 5.41) is 0. The van der Waals surface area contributed by atoms with Crippen LogP contribution in [0.4, 0.5) is 0 Å². The summed E-state index contributed by atoms with van der Waals surface area (Å²) in [6.07, 6.45) is 6.09. The van der Waals surface area contributed by atoms with Crippen molar-refractivity contribution in [3.63, 3.8) is 0 Å². The molecule has 4 aliphatic rings. The van der Waals surface area contributed by atoms with Crippen molar-refractivity contribution in [1.29, 1.82) is 0 Å². The monoisotopic (exact) mass is 160 g/mol. The van der Waals surface area contributed by atoms with Gasteiger partial charge in [-0.15, -0.1) is 0 Å². The number of rotatable bonds is 0. The molecular weight excluding hydrogens is 144 g/mol. The molecule has 0 aromatic carbocycles. The second kappa shape index (κ2) is 1.32. The fourth-order valence-electron chi connectivity index (χ4n) is 5.40. The summed E-state index contributed by atoms with van der Waals surface area (Å²) in [7, 11) is 0. The molecule has 0 aromatic heterocycles. The van der Waals surface area contributed by atoms with E-state index in [1.54, 1.807) is 18.4 Å². The molecule has 0 N–H and O–H groups in total. The van der Waals surface area contributed by atoms with E-state index in [1.807, 2.05) is 0 Å². The standard InChI is InChI=1S/C12H16/c1-7-9-3-8-4-11(2)5-10(7)12(8,9)6-11/h8-10H,1,3-6H2,2H3. The Morgan fingerprint density at radius 3 is 2.83 bits per heavy atom. The summed E-state index contributed by atoms with van der Waals surface area (Å²) >= 11 is 0. The molecule has 0 aromatic rings. The summed E-state index contributed by atoms with van der Waals surface area (Å²) < 4.78 is 0. The Kier molecular flexibility index (Phi) is 0.688. The van der Waals surface area contributed by atoms with E-state index in [0.29, 0.717) is 0 Å². The Bertz CT molecular complexity index is 303. The van der Waals surface area contributed by atoms with Crippen LogP contribution in [0.15, 0.2) is 12.2 Å². The van der Waals surface area contributed by atoms with Crippen LogP contribution in [-0.4, -0.2) is 0 Å². The number of hydrogen-bond donors (Lipinski definition) is 0. The van der Waals surface area contributed by atoms with Crippen LogP contribution >= 0.6 is 0 Å². The summed E-state index contributed by atoms with van der Waals surface area (Å²) in [5.41, 5.74) is 3.21. The molecule has 12 heavy (non-hydrogen) atoms. The average molecular weight is 160 g/mol. The van der Waals surface area contributed by atoms with Gasteiger partial charge in [0.2, 0.25) is 0 Å². The number of hydrogen-bond acceptors (Lipinski definition) is 0. The van der Waals surface area contributed by atoms with Gasteiger partial charge in [0.1, 0.15) is 0 Å². The molecule has 5 atom stereocenters. The molecule has 1 spiro atoms. The summed E-state index contributed by atoms with van der Waals surface area (Å²) in [6, 6.07) is 0. The zero-order valence-corrected chi connectivity index (χ0v) is 7.77. The van der Waals surface area contributed by atoms with E-state index in [2.05, 4.69) is 13.5 Å². The number of allylic oxidation sites excluding steroid dienone is 1. The van der Waals surface area contributed by atoms with Crippen LogP contribution in [0.25, 0.3) is 0 Å². The van der Waals surface area contributed by atoms with Gasteiger partial charge in [0, 0.05) is 0 Å². The highest BCUT2D eigenvalue weighted by Gasteiger charge is 2.77. The summed E-state index contributed by atoms with van der Waals surface area (Å²) in [4.78, 5) is 0. The van der Waals surface area contributed by atoms with Gasteiger partial charge < -0.3 is 0 Å². The fraction of sp³-hybridized carbons (Fsp3) is 0.833. The van der Waals surface area contributed by atoms with Crippen LogP contribution < -0.4 is 0 Å². The lowest BCUT2D eigenvalue weighted by molar-refractivity contribution is -0.118. The third-order valence-corrected chi connectivity index (χ3v) is 5.64. The van der Waals surface area contributed by atoms with Gasteiger partial charge in [-0.3, -0.25) is 0 Å². The molecule has 0 nitrogen and oxygen atoms in total. The minimum atomic E-state index is 0.740. The predicted molar refractivity (Wildman–Crippen MR) is 48.6 cm³/mol. The summed E-state index contributed by atoms with van der Waals surface area (Å²) in [5.74, 6) is 3.08. The Morgan fingerprint density at radius 2 is 2.17 bits per heavy atom.